The van der Waals surface area contributed by atoms with E-state index in [9.17, 15) is 10.1 Å². The normalized spacial score (nSPS) is 10.2. The van der Waals surface area contributed by atoms with E-state index in [0.717, 1.165) is 18.2 Å². The van der Waals surface area contributed by atoms with Gasteiger partial charge in [-0.2, -0.15) is 4.98 Å². The zero-order valence-electron chi connectivity index (χ0n) is 10.8. The van der Waals surface area contributed by atoms with E-state index in [1.807, 2.05) is 13.0 Å². The average Bonchev–Trinajstić information content (AvgIpc) is 2.46. The maximum absolute atomic E-state index is 11.0. The average molecular weight is 291 g/mol. The second-order valence-electron chi connectivity index (χ2n) is 3.84. The van der Waals surface area contributed by atoms with Gasteiger partial charge in [-0.1, -0.05) is 13.0 Å². The van der Waals surface area contributed by atoms with Gasteiger partial charge in [0.05, 0.1) is 4.92 Å². The minimum Gasteiger partial charge on any atom is -0.354 e. The Labute approximate surface area is 120 Å². The number of nitro groups is 1. The van der Waals surface area contributed by atoms with Crippen LogP contribution in [0.1, 0.15) is 13.3 Å². The maximum atomic E-state index is 11.0. The van der Waals surface area contributed by atoms with Gasteiger partial charge in [0.2, 0.25) is 5.95 Å². The second kappa shape index (κ2) is 6.80. The molecule has 2 aromatic heterocycles. The molecule has 2 rings (SSSR count). The third kappa shape index (κ3) is 3.64. The van der Waals surface area contributed by atoms with E-state index in [1.165, 1.54) is 6.20 Å². The Morgan fingerprint density at radius 3 is 2.90 bits per heavy atom. The molecular weight excluding hydrogens is 278 g/mol. The van der Waals surface area contributed by atoms with Crippen molar-refractivity contribution in [1.82, 2.24) is 15.0 Å². The third-order valence-electron chi connectivity index (χ3n) is 2.30. The summed E-state index contributed by atoms with van der Waals surface area (Å²) in [4.78, 5) is 22.8. The minimum atomic E-state index is -0.491. The summed E-state index contributed by atoms with van der Waals surface area (Å²) in [5, 5.41) is 14.9. The molecule has 0 saturated carbocycles. The fourth-order valence-corrected chi connectivity index (χ4v) is 2.21. The van der Waals surface area contributed by atoms with Gasteiger partial charge in [-0.05, 0) is 30.3 Å². The van der Waals surface area contributed by atoms with Crippen LogP contribution in [0.5, 0.6) is 0 Å². The molecule has 0 aliphatic carbocycles. The Morgan fingerprint density at radius 2 is 2.25 bits per heavy atom. The number of hydrogen-bond donors (Lipinski definition) is 1. The molecule has 0 spiro atoms. The highest BCUT2D eigenvalue weighted by Gasteiger charge is 2.18. The SMILES string of the molecule is CCCNc1ncc([N+](=O)[O-])c(Sc2ccccn2)n1. The first-order valence-electron chi connectivity index (χ1n) is 6.05. The molecular formula is C12H13N5O2S. The highest BCUT2D eigenvalue weighted by molar-refractivity contribution is 7.99. The molecule has 0 aliphatic rings. The molecule has 0 radical (unpaired) electrons. The van der Waals surface area contributed by atoms with E-state index >= 15 is 0 Å². The highest BCUT2D eigenvalue weighted by Crippen LogP contribution is 2.31. The minimum absolute atomic E-state index is 0.122. The van der Waals surface area contributed by atoms with Gasteiger partial charge in [0.1, 0.15) is 11.2 Å². The van der Waals surface area contributed by atoms with Crippen LogP contribution in [0.15, 0.2) is 40.6 Å². The Balaban J connectivity index is 2.29. The van der Waals surface area contributed by atoms with Crippen molar-refractivity contribution >= 4 is 23.4 Å². The standard InChI is InChI=1S/C12H13N5O2S/c1-2-6-14-12-15-8-9(17(18)19)11(16-12)20-10-5-3-4-7-13-10/h3-5,7-8H,2,6H2,1H3,(H,14,15,16). The molecule has 0 unspecified atom stereocenters. The molecule has 0 amide bonds. The van der Waals surface area contributed by atoms with Crippen molar-refractivity contribution in [3.05, 3.63) is 40.7 Å². The summed E-state index contributed by atoms with van der Waals surface area (Å²) in [6.07, 6.45) is 3.77. The van der Waals surface area contributed by atoms with Gasteiger partial charge in [0.25, 0.3) is 0 Å². The quantitative estimate of drug-likeness (QED) is 0.496. The molecule has 2 aromatic rings. The summed E-state index contributed by atoms with van der Waals surface area (Å²) in [6.45, 7) is 2.73. The van der Waals surface area contributed by atoms with Crippen molar-refractivity contribution in [3.63, 3.8) is 0 Å². The first kappa shape index (κ1) is 14.2. The van der Waals surface area contributed by atoms with Crippen molar-refractivity contribution in [2.24, 2.45) is 0 Å². The summed E-state index contributed by atoms with van der Waals surface area (Å²) < 4.78 is 0. The number of rotatable bonds is 6. The van der Waals surface area contributed by atoms with E-state index in [0.29, 0.717) is 17.5 Å². The Hall–Kier alpha value is -2.22. The molecule has 2 heterocycles. The summed E-state index contributed by atoms with van der Waals surface area (Å²) in [6, 6.07) is 5.38. The lowest BCUT2D eigenvalue weighted by Crippen LogP contribution is -2.06. The molecule has 0 aliphatic heterocycles. The molecule has 0 saturated heterocycles. The predicted octanol–water partition coefficient (Wildman–Crippen LogP) is 2.75. The monoisotopic (exact) mass is 291 g/mol. The van der Waals surface area contributed by atoms with Gasteiger partial charge in [0, 0.05) is 12.7 Å². The molecule has 0 atom stereocenters. The smallest absolute Gasteiger partial charge is 0.320 e. The summed E-state index contributed by atoms with van der Waals surface area (Å²) >= 11 is 1.15. The zero-order valence-corrected chi connectivity index (χ0v) is 11.6. The predicted molar refractivity (Wildman–Crippen MR) is 75.8 cm³/mol. The zero-order chi connectivity index (χ0) is 14.4. The van der Waals surface area contributed by atoms with Crippen LogP contribution in [0, 0.1) is 10.1 Å². The van der Waals surface area contributed by atoms with Crippen LogP contribution < -0.4 is 5.32 Å². The molecule has 0 fully saturated rings. The number of nitrogens with zero attached hydrogens (tertiary/aromatic N) is 4. The second-order valence-corrected chi connectivity index (χ2v) is 4.85. The summed E-state index contributed by atoms with van der Waals surface area (Å²) in [5.74, 6) is 0.385. The third-order valence-corrected chi connectivity index (χ3v) is 3.25. The molecule has 0 bridgehead atoms. The lowest BCUT2D eigenvalue weighted by Gasteiger charge is -2.05. The summed E-state index contributed by atoms with van der Waals surface area (Å²) in [7, 11) is 0. The van der Waals surface area contributed by atoms with Crippen LogP contribution in [0.3, 0.4) is 0 Å². The first-order chi connectivity index (χ1) is 9.70. The van der Waals surface area contributed by atoms with E-state index in [1.54, 1.807) is 18.3 Å². The van der Waals surface area contributed by atoms with Crippen molar-refractivity contribution in [3.8, 4) is 0 Å². The van der Waals surface area contributed by atoms with E-state index in [-0.39, 0.29) is 10.7 Å². The fraction of sp³-hybridized carbons (Fsp3) is 0.250. The number of pyridine rings is 1. The Morgan fingerprint density at radius 1 is 1.40 bits per heavy atom. The molecule has 8 heteroatoms. The molecule has 7 nitrogen and oxygen atoms in total. The summed E-state index contributed by atoms with van der Waals surface area (Å²) in [5.41, 5.74) is -0.122. The van der Waals surface area contributed by atoms with Crippen molar-refractivity contribution in [2.75, 3.05) is 11.9 Å². The lowest BCUT2D eigenvalue weighted by molar-refractivity contribution is -0.388. The molecule has 1 N–H and O–H groups in total. The topological polar surface area (TPSA) is 93.8 Å². The van der Waals surface area contributed by atoms with Crippen LogP contribution in [0.4, 0.5) is 11.6 Å². The first-order valence-corrected chi connectivity index (χ1v) is 6.86. The van der Waals surface area contributed by atoms with Gasteiger partial charge in [-0.3, -0.25) is 10.1 Å². The van der Waals surface area contributed by atoms with Crippen LogP contribution in [-0.2, 0) is 0 Å². The molecule has 20 heavy (non-hydrogen) atoms. The van der Waals surface area contributed by atoms with Crippen LogP contribution >= 0.6 is 11.8 Å². The number of hydrogen-bond acceptors (Lipinski definition) is 7. The van der Waals surface area contributed by atoms with Crippen LogP contribution in [0.2, 0.25) is 0 Å². The van der Waals surface area contributed by atoms with Crippen LogP contribution in [-0.4, -0.2) is 26.4 Å². The Kier molecular flexibility index (Phi) is 4.83. The van der Waals surface area contributed by atoms with Crippen molar-refractivity contribution in [2.45, 2.75) is 23.4 Å². The van der Waals surface area contributed by atoms with Gasteiger partial charge < -0.3 is 5.32 Å². The van der Waals surface area contributed by atoms with Gasteiger partial charge in [0.15, 0.2) is 5.03 Å². The number of nitrogens with one attached hydrogen (secondary N) is 1. The molecule has 104 valence electrons. The number of anilines is 1. The van der Waals surface area contributed by atoms with E-state index < -0.39 is 4.92 Å². The van der Waals surface area contributed by atoms with Crippen molar-refractivity contribution < 1.29 is 4.92 Å². The van der Waals surface area contributed by atoms with Crippen LogP contribution in [0.25, 0.3) is 0 Å². The van der Waals surface area contributed by atoms with Gasteiger partial charge >= 0.3 is 5.69 Å². The van der Waals surface area contributed by atoms with Crippen molar-refractivity contribution in [1.29, 1.82) is 0 Å². The highest BCUT2D eigenvalue weighted by atomic mass is 32.2. The van der Waals surface area contributed by atoms with E-state index in [4.69, 9.17) is 0 Å². The Bertz CT molecular complexity index is 594. The van der Waals surface area contributed by atoms with Gasteiger partial charge in [-0.25, -0.2) is 9.97 Å². The van der Waals surface area contributed by atoms with E-state index in [2.05, 4.69) is 20.3 Å². The maximum Gasteiger partial charge on any atom is 0.320 e. The lowest BCUT2D eigenvalue weighted by atomic mass is 10.5. The molecule has 0 aromatic carbocycles. The fourth-order valence-electron chi connectivity index (χ4n) is 1.39. The largest absolute Gasteiger partial charge is 0.354 e. The van der Waals surface area contributed by atoms with Gasteiger partial charge in [-0.15, -0.1) is 0 Å². The number of aromatic nitrogens is 3.